The zero-order chi connectivity index (χ0) is 12.6. The van der Waals surface area contributed by atoms with Crippen LogP contribution in [0.3, 0.4) is 0 Å². The van der Waals surface area contributed by atoms with Crippen LogP contribution in [-0.2, 0) is 13.0 Å². The Kier molecular flexibility index (Phi) is 5.69. The van der Waals surface area contributed by atoms with Gasteiger partial charge in [-0.3, -0.25) is 0 Å². The maximum Gasteiger partial charge on any atom is 0.0210 e. The summed E-state index contributed by atoms with van der Waals surface area (Å²) in [5.74, 6) is 0. The number of hydrogen-bond donors (Lipinski definition) is 2. The van der Waals surface area contributed by atoms with Crippen LogP contribution in [0.4, 0.5) is 0 Å². The summed E-state index contributed by atoms with van der Waals surface area (Å²) in [5.41, 5.74) is 2.95. The SMILES string of the molecule is CNCCc1ccccc1CNC1CCCCC1. The Balaban J connectivity index is 1.87. The summed E-state index contributed by atoms with van der Waals surface area (Å²) in [4.78, 5) is 0. The van der Waals surface area contributed by atoms with Crippen LogP contribution in [-0.4, -0.2) is 19.6 Å². The van der Waals surface area contributed by atoms with E-state index in [2.05, 4.69) is 34.9 Å². The first-order valence-electron chi connectivity index (χ1n) is 7.35. The Morgan fingerprint density at radius 1 is 1.06 bits per heavy atom. The molecule has 0 saturated heterocycles. The van der Waals surface area contributed by atoms with E-state index in [0.29, 0.717) is 0 Å². The Morgan fingerprint density at radius 3 is 2.50 bits per heavy atom. The fraction of sp³-hybridized carbons (Fsp3) is 0.625. The summed E-state index contributed by atoms with van der Waals surface area (Å²) in [5, 5.41) is 6.96. The first kappa shape index (κ1) is 13.6. The Morgan fingerprint density at radius 2 is 1.78 bits per heavy atom. The van der Waals surface area contributed by atoms with Gasteiger partial charge in [-0.25, -0.2) is 0 Å². The molecule has 0 radical (unpaired) electrons. The first-order chi connectivity index (χ1) is 8.90. The van der Waals surface area contributed by atoms with Crippen molar-refractivity contribution in [1.29, 1.82) is 0 Å². The molecule has 0 spiro atoms. The second-order valence-electron chi connectivity index (χ2n) is 5.34. The maximum absolute atomic E-state index is 3.73. The van der Waals surface area contributed by atoms with Crippen LogP contribution in [0.25, 0.3) is 0 Å². The fourth-order valence-electron chi connectivity index (χ4n) is 2.79. The molecular formula is C16H26N2. The van der Waals surface area contributed by atoms with Crippen molar-refractivity contribution < 1.29 is 0 Å². The van der Waals surface area contributed by atoms with Gasteiger partial charge in [0.15, 0.2) is 0 Å². The van der Waals surface area contributed by atoms with Crippen molar-refractivity contribution >= 4 is 0 Å². The molecule has 0 heterocycles. The van der Waals surface area contributed by atoms with Crippen LogP contribution in [0.1, 0.15) is 43.2 Å². The molecule has 1 aliphatic carbocycles. The number of benzene rings is 1. The van der Waals surface area contributed by atoms with Gasteiger partial charge >= 0.3 is 0 Å². The second kappa shape index (κ2) is 7.55. The van der Waals surface area contributed by atoms with Crippen molar-refractivity contribution in [3.8, 4) is 0 Å². The number of rotatable bonds is 6. The van der Waals surface area contributed by atoms with E-state index >= 15 is 0 Å². The third-order valence-corrected chi connectivity index (χ3v) is 3.95. The van der Waals surface area contributed by atoms with Crippen LogP contribution in [0.2, 0.25) is 0 Å². The molecule has 0 bridgehead atoms. The molecule has 2 nitrogen and oxygen atoms in total. The number of likely N-dealkylation sites (N-methyl/N-ethyl adjacent to an activating group) is 1. The fourth-order valence-corrected chi connectivity index (χ4v) is 2.79. The minimum Gasteiger partial charge on any atom is -0.319 e. The van der Waals surface area contributed by atoms with Gasteiger partial charge in [-0.05, 0) is 44.0 Å². The minimum atomic E-state index is 0.746. The van der Waals surface area contributed by atoms with E-state index in [0.717, 1.165) is 25.6 Å². The van der Waals surface area contributed by atoms with Gasteiger partial charge in [0.05, 0.1) is 0 Å². The monoisotopic (exact) mass is 246 g/mol. The van der Waals surface area contributed by atoms with Crippen molar-refractivity contribution in [2.75, 3.05) is 13.6 Å². The highest BCUT2D eigenvalue weighted by molar-refractivity contribution is 5.27. The number of nitrogens with one attached hydrogen (secondary N) is 2. The van der Waals surface area contributed by atoms with Crippen molar-refractivity contribution in [2.45, 2.75) is 51.1 Å². The van der Waals surface area contributed by atoms with Crippen molar-refractivity contribution in [2.24, 2.45) is 0 Å². The molecular weight excluding hydrogens is 220 g/mol. The summed E-state index contributed by atoms with van der Waals surface area (Å²) >= 11 is 0. The van der Waals surface area contributed by atoms with Crippen LogP contribution in [0, 0.1) is 0 Å². The molecule has 0 aromatic heterocycles. The van der Waals surface area contributed by atoms with E-state index in [-0.39, 0.29) is 0 Å². The van der Waals surface area contributed by atoms with Gasteiger partial charge in [-0.15, -0.1) is 0 Å². The average molecular weight is 246 g/mol. The maximum atomic E-state index is 3.73. The lowest BCUT2D eigenvalue weighted by Crippen LogP contribution is -2.30. The lowest BCUT2D eigenvalue weighted by molar-refractivity contribution is 0.372. The lowest BCUT2D eigenvalue weighted by Gasteiger charge is -2.23. The topological polar surface area (TPSA) is 24.1 Å². The van der Waals surface area contributed by atoms with E-state index < -0.39 is 0 Å². The highest BCUT2D eigenvalue weighted by atomic mass is 14.9. The largest absolute Gasteiger partial charge is 0.319 e. The summed E-state index contributed by atoms with van der Waals surface area (Å²) in [6.45, 7) is 2.09. The van der Waals surface area contributed by atoms with E-state index in [9.17, 15) is 0 Å². The lowest BCUT2D eigenvalue weighted by atomic mass is 9.95. The van der Waals surface area contributed by atoms with Gasteiger partial charge in [0, 0.05) is 12.6 Å². The second-order valence-corrected chi connectivity index (χ2v) is 5.34. The summed E-state index contributed by atoms with van der Waals surface area (Å²) in [6.07, 6.45) is 8.07. The van der Waals surface area contributed by atoms with Crippen molar-refractivity contribution in [3.63, 3.8) is 0 Å². The smallest absolute Gasteiger partial charge is 0.0210 e. The van der Waals surface area contributed by atoms with Gasteiger partial charge in [-0.2, -0.15) is 0 Å². The van der Waals surface area contributed by atoms with Gasteiger partial charge in [-0.1, -0.05) is 43.5 Å². The van der Waals surface area contributed by atoms with Gasteiger partial charge < -0.3 is 10.6 Å². The Labute approximate surface area is 111 Å². The van der Waals surface area contributed by atoms with Crippen molar-refractivity contribution in [3.05, 3.63) is 35.4 Å². The molecule has 18 heavy (non-hydrogen) atoms. The predicted molar refractivity (Wildman–Crippen MR) is 77.8 cm³/mol. The molecule has 1 aromatic rings. The molecule has 0 amide bonds. The Hall–Kier alpha value is -0.860. The van der Waals surface area contributed by atoms with Gasteiger partial charge in [0.2, 0.25) is 0 Å². The van der Waals surface area contributed by atoms with Gasteiger partial charge in [0.1, 0.15) is 0 Å². The van der Waals surface area contributed by atoms with Gasteiger partial charge in [0.25, 0.3) is 0 Å². The highest BCUT2D eigenvalue weighted by Gasteiger charge is 2.12. The third kappa shape index (κ3) is 4.11. The molecule has 2 N–H and O–H groups in total. The summed E-state index contributed by atoms with van der Waals surface area (Å²) in [7, 11) is 2.02. The zero-order valence-corrected chi connectivity index (χ0v) is 11.5. The van der Waals surface area contributed by atoms with Crippen LogP contribution < -0.4 is 10.6 Å². The molecule has 2 heteroatoms. The predicted octanol–water partition coefficient (Wildman–Crippen LogP) is 2.87. The van der Waals surface area contributed by atoms with E-state index in [4.69, 9.17) is 0 Å². The summed E-state index contributed by atoms with van der Waals surface area (Å²) < 4.78 is 0. The normalized spacial score (nSPS) is 16.9. The standard InChI is InChI=1S/C16H26N2/c1-17-12-11-14-7-5-6-8-15(14)13-18-16-9-3-2-4-10-16/h5-8,16-18H,2-4,9-13H2,1H3. The molecule has 2 rings (SSSR count). The minimum absolute atomic E-state index is 0.746. The molecule has 100 valence electrons. The Bertz CT molecular complexity index is 343. The average Bonchev–Trinajstić information content (AvgIpc) is 2.45. The summed E-state index contributed by atoms with van der Waals surface area (Å²) in [6, 6.07) is 9.57. The molecule has 1 saturated carbocycles. The highest BCUT2D eigenvalue weighted by Crippen LogP contribution is 2.18. The van der Waals surface area contributed by atoms with E-state index in [1.54, 1.807) is 0 Å². The first-order valence-corrected chi connectivity index (χ1v) is 7.35. The molecule has 0 unspecified atom stereocenters. The molecule has 1 fully saturated rings. The number of hydrogen-bond acceptors (Lipinski definition) is 2. The van der Waals surface area contributed by atoms with Crippen LogP contribution in [0.15, 0.2) is 24.3 Å². The van der Waals surface area contributed by atoms with E-state index in [1.165, 1.54) is 43.2 Å². The van der Waals surface area contributed by atoms with Crippen LogP contribution in [0.5, 0.6) is 0 Å². The van der Waals surface area contributed by atoms with Crippen LogP contribution >= 0.6 is 0 Å². The quantitative estimate of drug-likeness (QED) is 0.806. The zero-order valence-electron chi connectivity index (χ0n) is 11.5. The van der Waals surface area contributed by atoms with E-state index in [1.807, 2.05) is 7.05 Å². The molecule has 1 aliphatic rings. The third-order valence-electron chi connectivity index (χ3n) is 3.95. The molecule has 1 aromatic carbocycles. The molecule has 0 aliphatic heterocycles. The molecule has 0 atom stereocenters. The van der Waals surface area contributed by atoms with Crippen molar-refractivity contribution in [1.82, 2.24) is 10.6 Å².